The molecule has 1 heterocycles. The van der Waals surface area contributed by atoms with Crippen LogP contribution in [0, 0.1) is 12.8 Å². The van der Waals surface area contributed by atoms with Gasteiger partial charge >= 0.3 is 0 Å². The van der Waals surface area contributed by atoms with Gasteiger partial charge in [-0.2, -0.15) is 0 Å². The highest BCUT2D eigenvalue weighted by atomic mass is 16.3. The highest BCUT2D eigenvalue weighted by molar-refractivity contribution is 5.95. The van der Waals surface area contributed by atoms with Gasteiger partial charge in [-0.15, -0.1) is 0 Å². The Hall–Kier alpha value is -1.55. The van der Waals surface area contributed by atoms with Crippen molar-refractivity contribution in [3.63, 3.8) is 0 Å². The lowest BCUT2D eigenvalue weighted by atomic mass is 9.71. The summed E-state index contributed by atoms with van der Waals surface area (Å²) < 4.78 is 0. The van der Waals surface area contributed by atoms with Crippen LogP contribution in [0.2, 0.25) is 0 Å². The van der Waals surface area contributed by atoms with Gasteiger partial charge in [-0.05, 0) is 49.9 Å². The van der Waals surface area contributed by atoms with E-state index in [4.69, 9.17) is 0 Å². The first-order chi connectivity index (χ1) is 9.99. The molecule has 1 saturated heterocycles. The van der Waals surface area contributed by atoms with Crippen molar-refractivity contribution >= 4 is 5.91 Å². The fourth-order valence-corrected chi connectivity index (χ4v) is 3.81. The number of aromatic hydroxyl groups is 1. The van der Waals surface area contributed by atoms with Crippen molar-refractivity contribution in [1.29, 1.82) is 0 Å². The number of hydrogen-bond acceptors (Lipinski definition) is 3. The molecule has 21 heavy (non-hydrogen) atoms. The van der Waals surface area contributed by atoms with E-state index in [0.717, 1.165) is 31.2 Å². The quantitative estimate of drug-likeness (QED) is 0.835. The normalized spacial score (nSPS) is 29.0. The first-order valence-corrected chi connectivity index (χ1v) is 7.81. The molecule has 0 spiro atoms. The van der Waals surface area contributed by atoms with Crippen molar-refractivity contribution in [3.8, 4) is 5.75 Å². The van der Waals surface area contributed by atoms with E-state index in [1.807, 2.05) is 11.8 Å². The van der Waals surface area contributed by atoms with Crippen LogP contribution in [0.1, 0.15) is 48.0 Å². The van der Waals surface area contributed by atoms with E-state index in [9.17, 15) is 15.0 Å². The third-order valence-electron chi connectivity index (χ3n) is 5.16. The van der Waals surface area contributed by atoms with Gasteiger partial charge in [0.05, 0.1) is 5.60 Å². The zero-order chi connectivity index (χ0) is 15.0. The fourth-order valence-electron chi connectivity index (χ4n) is 3.81. The molecule has 3 rings (SSSR count). The zero-order valence-corrected chi connectivity index (χ0v) is 12.5. The summed E-state index contributed by atoms with van der Waals surface area (Å²) in [5.41, 5.74) is 0.887. The maximum atomic E-state index is 12.7. The number of nitrogens with zero attached hydrogens (tertiary/aromatic N) is 1. The number of carbonyl (C=O) groups is 1. The molecule has 1 aromatic rings. The summed E-state index contributed by atoms with van der Waals surface area (Å²) in [4.78, 5) is 14.5. The van der Waals surface area contributed by atoms with Crippen molar-refractivity contribution in [2.24, 2.45) is 5.92 Å². The SMILES string of the molecule is Cc1cc(O)ccc1C(=O)N1CCC2(O)CCCCC2C1. The molecule has 2 atom stereocenters. The van der Waals surface area contributed by atoms with Crippen molar-refractivity contribution in [3.05, 3.63) is 29.3 Å². The minimum Gasteiger partial charge on any atom is -0.508 e. The third-order valence-corrected chi connectivity index (χ3v) is 5.16. The summed E-state index contributed by atoms with van der Waals surface area (Å²) in [7, 11) is 0. The molecule has 1 amide bonds. The number of aryl methyl sites for hydroxylation is 1. The van der Waals surface area contributed by atoms with Crippen LogP contribution in [-0.4, -0.2) is 39.7 Å². The third kappa shape index (κ3) is 2.64. The lowest BCUT2D eigenvalue weighted by Crippen LogP contribution is -2.54. The van der Waals surface area contributed by atoms with Crippen LogP contribution < -0.4 is 0 Å². The molecule has 4 nitrogen and oxygen atoms in total. The molecule has 1 saturated carbocycles. The summed E-state index contributed by atoms with van der Waals surface area (Å²) in [6, 6.07) is 4.87. The minimum atomic E-state index is -0.557. The van der Waals surface area contributed by atoms with Crippen LogP contribution >= 0.6 is 0 Å². The Morgan fingerprint density at radius 3 is 2.90 bits per heavy atom. The number of amides is 1. The number of rotatable bonds is 1. The van der Waals surface area contributed by atoms with Gasteiger partial charge in [0.15, 0.2) is 0 Å². The van der Waals surface area contributed by atoms with Gasteiger partial charge in [-0.25, -0.2) is 0 Å². The Balaban J connectivity index is 1.77. The Morgan fingerprint density at radius 1 is 1.33 bits per heavy atom. The molecule has 2 fully saturated rings. The van der Waals surface area contributed by atoms with Crippen LogP contribution in [0.15, 0.2) is 18.2 Å². The number of carbonyl (C=O) groups excluding carboxylic acids is 1. The van der Waals surface area contributed by atoms with Crippen molar-refractivity contribution in [1.82, 2.24) is 4.90 Å². The number of phenols is 1. The Morgan fingerprint density at radius 2 is 2.14 bits per heavy atom. The Bertz CT molecular complexity index is 557. The highest BCUT2D eigenvalue weighted by Gasteiger charge is 2.43. The number of phenolic OH excluding ortho intramolecular Hbond substituents is 1. The molecule has 1 aliphatic heterocycles. The molecule has 2 N–H and O–H groups in total. The van der Waals surface area contributed by atoms with E-state index in [2.05, 4.69) is 0 Å². The standard InChI is InChI=1S/C17H23NO3/c1-12-10-14(19)5-6-15(12)16(20)18-9-8-17(21)7-3-2-4-13(17)11-18/h5-6,10,13,19,21H,2-4,7-9,11H2,1H3. The van der Waals surface area contributed by atoms with E-state index < -0.39 is 5.60 Å². The molecule has 0 radical (unpaired) electrons. The summed E-state index contributed by atoms with van der Waals surface area (Å²) in [5.74, 6) is 0.408. The average molecular weight is 289 g/mol. The number of aliphatic hydroxyl groups is 1. The molecule has 2 aliphatic rings. The topological polar surface area (TPSA) is 60.8 Å². The van der Waals surface area contributed by atoms with Crippen molar-refractivity contribution in [2.45, 2.75) is 44.6 Å². The summed E-state index contributed by atoms with van der Waals surface area (Å²) in [6.07, 6.45) is 4.80. The smallest absolute Gasteiger partial charge is 0.254 e. The molecule has 2 unspecified atom stereocenters. The Kier molecular flexibility index (Phi) is 3.66. The molecular formula is C17H23NO3. The molecule has 4 heteroatoms. The van der Waals surface area contributed by atoms with Gasteiger partial charge in [0, 0.05) is 24.6 Å². The fraction of sp³-hybridized carbons (Fsp3) is 0.588. The molecule has 1 aliphatic carbocycles. The first kappa shape index (κ1) is 14.4. The van der Waals surface area contributed by atoms with Gasteiger partial charge in [-0.3, -0.25) is 4.79 Å². The minimum absolute atomic E-state index is 0.0140. The van der Waals surface area contributed by atoms with Crippen molar-refractivity contribution < 1.29 is 15.0 Å². The lowest BCUT2D eigenvalue weighted by molar-refractivity contribution is -0.0886. The second-order valence-corrected chi connectivity index (χ2v) is 6.55. The van der Waals surface area contributed by atoms with Gasteiger partial charge in [0.2, 0.25) is 0 Å². The lowest BCUT2D eigenvalue weighted by Gasteiger charge is -2.47. The van der Waals surface area contributed by atoms with E-state index in [0.29, 0.717) is 25.1 Å². The first-order valence-electron chi connectivity index (χ1n) is 7.81. The molecular weight excluding hydrogens is 266 g/mol. The van der Waals surface area contributed by atoms with Crippen molar-refractivity contribution in [2.75, 3.05) is 13.1 Å². The van der Waals surface area contributed by atoms with Crippen LogP contribution in [-0.2, 0) is 0 Å². The van der Waals surface area contributed by atoms with Gasteiger partial charge < -0.3 is 15.1 Å². The van der Waals surface area contributed by atoms with E-state index in [-0.39, 0.29) is 17.6 Å². The number of fused-ring (bicyclic) bond motifs is 1. The van der Waals surface area contributed by atoms with Gasteiger partial charge in [0.1, 0.15) is 5.75 Å². The van der Waals surface area contributed by atoms with Crippen LogP contribution in [0.3, 0.4) is 0 Å². The Labute approximate surface area is 125 Å². The second-order valence-electron chi connectivity index (χ2n) is 6.55. The van der Waals surface area contributed by atoms with E-state index in [1.54, 1.807) is 18.2 Å². The summed E-state index contributed by atoms with van der Waals surface area (Å²) in [6.45, 7) is 3.11. The molecule has 1 aromatic carbocycles. The molecule has 0 aromatic heterocycles. The maximum absolute atomic E-state index is 12.7. The number of hydrogen-bond donors (Lipinski definition) is 2. The molecule has 114 valence electrons. The monoisotopic (exact) mass is 289 g/mol. The predicted octanol–water partition coefficient (Wildman–Crippen LogP) is 2.47. The van der Waals surface area contributed by atoms with E-state index in [1.165, 1.54) is 0 Å². The van der Waals surface area contributed by atoms with Crippen LogP contribution in [0.25, 0.3) is 0 Å². The number of likely N-dealkylation sites (tertiary alicyclic amines) is 1. The average Bonchev–Trinajstić information content (AvgIpc) is 2.45. The predicted molar refractivity (Wildman–Crippen MR) is 80.3 cm³/mol. The van der Waals surface area contributed by atoms with E-state index >= 15 is 0 Å². The summed E-state index contributed by atoms with van der Waals surface area (Å²) >= 11 is 0. The van der Waals surface area contributed by atoms with Crippen LogP contribution in [0.5, 0.6) is 5.75 Å². The molecule has 0 bridgehead atoms. The largest absolute Gasteiger partial charge is 0.508 e. The highest BCUT2D eigenvalue weighted by Crippen LogP contribution is 2.40. The van der Waals surface area contributed by atoms with Gasteiger partial charge in [-0.1, -0.05) is 12.8 Å². The van der Waals surface area contributed by atoms with Gasteiger partial charge in [0.25, 0.3) is 5.91 Å². The maximum Gasteiger partial charge on any atom is 0.254 e. The second kappa shape index (κ2) is 5.34. The number of benzene rings is 1. The number of piperidine rings is 1. The van der Waals surface area contributed by atoms with Crippen LogP contribution in [0.4, 0.5) is 0 Å². The zero-order valence-electron chi connectivity index (χ0n) is 12.5. The summed E-state index contributed by atoms with van der Waals surface area (Å²) in [5, 5.41) is 20.1.